The molecule has 0 fully saturated rings. The molecule has 0 aliphatic carbocycles. The molecule has 0 N–H and O–H groups in total. The third-order valence-electron chi connectivity index (χ3n) is 2.04. The van der Waals surface area contributed by atoms with Crippen LogP contribution >= 0.6 is 23.2 Å². The van der Waals surface area contributed by atoms with E-state index in [0.717, 1.165) is 0 Å². The van der Waals surface area contributed by atoms with Crippen molar-refractivity contribution in [3.8, 4) is 0 Å². The van der Waals surface area contributed by atoms with Gasteiger partial charge in [-0.1, -0.05) is 37.0 Å². The maximum Gasteiger partial charge on any atom is 0.176 e. The average molecular weight is 293 g/mol. The molecule has 1 atom stereocenters. The molecule has 1 unspecified atom stereocenters. The van der Waals surface area contributed by atoms with Crippen molar-refractivity contribution in [2.45, 2.75) is 13.8 Å². The Kier molecular flexibility index (Phi) is 5.63. The second-order valence-corrected chi connectivity index (χ2v) is 6.54. The summed E-state index contributed by atoms with van der Waals surface area (Å²) >= 11 is 11.6. The van der Waals surface area contributed by atoms with Crippen molar-refractivity contribution in [3.63, 3.8) is 0 Å². The van der Waals surface area contributed by atoms with E-state index in [1.54, 1.807) is 12.1 Å². The molecule has 94 valence electrons. The fourth-order valence-corrected chi connectivity index (χ4v) is 3.19. The second kappa shape index (κ2) is 6.53. The topological polar surface area (TPSA) is 34.1 Å². The molecule has 1 aromatic rings. The summed E-state index contributed by atoms with van der Waals surface area (Å²) in [4.78, 5) is 11.8. The Hall–Kier alpha value is -0.380. The van der Waals surface area contributed by atoms with Crippen molar-refractivity contribution >= 4 is 39.8 Å². The van der Waals surface area contributed by atoms with Gasteiger partial charge in [0.2, 0.25) is 0 Å². The summed E-state index contributed by atoms with van der Waals surface area (Å²) in [5, 5.41) is 0.791. The van der Waals surface area contributed by atoms with Crippen LogP contribution in [0.4, 0.5) is 0 Å². The first kappa shape index (κ1) is 14.7. The van der Waals surface area contributed by atoms with Gasteiger partial charge in [-0.25, -0.2) is 0 Å². The van der Waals surface area contributed by atoms with Gasteiger partial charge in [-0.15, -0.1) is 0 Å². The Bertz CT molecular complexity index is 444. The van der Waals surface area contributed by atoms with Crippen molar-refractivity contribution in [1.82, 2.24) is 0 Å². The van der Waals surface area contributed by atoms with Crippen LogP contribution in [0.2, 0.25) is 10.0 Å². The molecule has 0 saturated carbocycles. The predicted molar refractivity (Wildman–Crippen MR) is 73.5 cm³/mol. The van der Waals surface area contributed by atoms with Crippen LogP contribution in [0.3, 0.4) is 0 Å². The van der Waals surface area contributed by atoms with Crippen molar-refractivity contribution in [1.29, 1.82) is 0 Å². The number of ketones is 1. The van der Waals surface area contributed by atoms with Gasteiger partial charge in [0, 0.05) is 27.1 Å². The number of hydrogen-bond donors (Lipinski definition) is 0. The number of carbonyl (C=O) groups is 1. The number of halogens is 2. The van der Waals surface area contributed by atoms with Gasteiger partial charge in [0.15, 0.2) is 5.78 Å². The van der Waals surface area contributed by atoms with Gasteiger partial charge in [-0.3, -0.25) is 9.00 Å². The van der Waals surface area contributed by atoms with Gasteiger partial charge in [0.25, 0.3) is 0 Å². The van der Waals surface area contributed by atoms with E-state index in [1.165, 1.54) is 6.07 Å². The largest absolute Gasteiger partial charge is 0.293 e. The second-order valence-electron chi connectivity index (χ2n) is 4.19. The van der Waals surface area contributed by atoms with Crippen LogP contribution in [0.1, 0.15) is 24.2 Å². The summed E-state index contributed by atoms with van der Waals surface area (Å²) in [6.45, 7) is 3.94. The van der Waals surface area contributed by atoms with Crippen LogP contribution in [0.25, 0.3) is 0 Å². The molecular weight excluding hydrogens is 279 g/mol. The molecule has 1 aromatic carbocycles. The first-order chi connectivity index (χ1) is 7.90. The zero-order valence-corrected chi connectivity index (χ0v) is 12.0. The predicted octanol–water partition coefficient (Wildman–Crippen LogP) is 3.58. The zero-order chi connectivity index (χ0) is 13.0. The molecule has 1 rings (SSSR count). The number of Topliss-reactive ketones (excluding diaryl/α,β-unsaturated/α-hetero) is 1. The lowest BCUT2D eigenvalue weighted by atomic mass is 10.1. The van der Waals surface area contributed by atoms with E-state index in [9.17, 15) is 9.00 Å². The summed E-state index contributed by atoms with van der Waals surface area (Å²) < 4.78 is 11.6. The minimum atomic E-state index is -1.14. The molecule has 5 heteroatoms. The maximum absolute atomic E-state index is 11.8. The molecular formula is C12H14Cl2O2S. The highest BCUT2D eigenvalue weighted by molar-refractivity contribution is 7.85. The minimum Gasteiger partial charge on any atom is -0.293 e. The van der Waals surface area contributed by atoms with E-state index in [2.05, 4.69) is 0 Å². The molecule has 0 radical (unpaired) electrons. The lowest BCUT2D eigenvalue weighted by Crippen LogP contribution is -2.16. The van der Waals surface area contributed by atoms with E-state index in [1.807, 2.05) is 13.8 Å². The van der Waals surface area contributed by atoms with Crippen molar-refractivity contribution < 1.29 is 9.00 Å². The monoisotopic (exact) mass is 292 g/mol. The van der Waals surface area contributed by atoms with Gasteiger partial charge in [-0.2, -0.15) is 0 Å². The molecule has 2 nitrogen and oxygen atoms in total. The Morgan fingerprint density at radius 1 is 1.35 bits per heavy atom. The third-order valence-corrected chi connectivity index (χ3v) is 4.21. The van der Waals surface area contributed by atoms with Crippen LogP contribution in [0, 0.1) is 5.92 Å². The highest BCUT2D eigenvalue weighted by atomic mass is 35.5. The molecule has 0 aliphatic rings. The van der Waals surface area contributed by atoms with Crippen molar-refractivity contribution in [2.75, 3.05) is 11.5 Å². The standard InChI is InChI=1S/C12H14Cl2O2S/c1-8(2)6-17(16)7-12(15)10-4-3-9(13)5-11(10)14/h3-5,8H,6-7H2,1-2H3. The van der Waals surface area contributed by atoms with Crippen LogP contribution in [0.5, 0.6) is 0 Å². The van der Waals surface area contributed by atoms with Gasteiger partial charge in [-0.05, 0) is 24.1 Å². The van der Waals surface area contributed by atoms with Crippen molar-refractivity contribution in [3.05, 3.63) is 33.8 Å². The minimum absolute atomic E-state index is 0.0134. The fraction of sp³-hybridized carbons (Fsp3) is 0.417. The Balaban J connectivity index is 2.73. The van der Waals surface area contributed by atoms with Gasteiger partial charge >= 0.3 is 0 Å². The smallest absolute Gasteiger partial charge is 0.176 e. The molecule has 17 heavy (non-hydrogen) atoms. The Labute approximate surface area is 114 Å². The first-order valence-electron chi connectivity index (χ1n) is 5.23. The summed E-state index contributed by atoms with van der Waals surface area (Å²) in [7, 11) is -1.14. The van der Waals surface area contributed by atoms with E-state index in [-0.39, 0.29) is 11.5 Å². The molecule has 0 aromatic heterocycles. The summed E-state index contributed by atoms with van der Waals surface area (Å²) in [6, 6.07) is 4.69. The summed E-state index contributed by atoms with van der Waals surface area (Å²) in [5.41, 5.74) is 0.383. The van der Waals surface area contributed by atoms with Gasteiger partial charge < -0.3 is 0 Å². The van der Waals surface area contributed by atoms with Gasteiger partial charge in [0.05, 0.1) is 10.8 Å². The van der Waals surface area contributed by atoms with E-state index in [4.69, 9.17) is 23.2 Å². The number of rotatable bonds is 5. The number of benzene rings is 1. The Morgan fingerprint density at radius 3 is 2.53 bits per heavy atom. The average Bonchev–Trinajstić information content (AvgIpc) is 2.15. The molecule has 0 amide bonds. The lowest BCUT2D eigenvalue weighted by molar-refractivity contribution is 0.102. The highest BCUT2D eigenvalue weighted by Crippen LogP contribution is 2.21. The number of hydrogen-bond acceptors (Lipinski definition) is 2. The molecule has 0 bridgehead atoms. The van der Waals surface area contributed by atoms with E-state index < -0.39 is 10.8 Å². The van der Waals surface area contributed by atoms with E-state index >= 15 is 0 Å². The molecule has 0 saturated heterocycles. The highest BCUT2D eigenvalue weighted by Gasteiger charge is 2.14. The zero-order valence-electron chi connectivity index (χ0n) is 9.70. The first-order valence-corrected chi connectivity index (χ1v) is 7.47. The normalized spacial score (nSPS) is 12.8. The quantitative estimate of drug-likeness (QED) is 0.778. The summed E-state index contributed by atoms with van der Waals surface area (Å²) in [6.07, 6.45) is 0. The van der Waals surface area contributed by atoms with Crippen LogP contribution in [-0.4, -0.2) is 21.5 Å². The SMILES string of the molecule is CC(C)CS(=O)CC(=O)c1ccc(Cl)cc1Cl. The van der Waals surface area contributed by atoms with Crippen LogP contribution in [-0.2, 0) is 10.8 Å². The van der Waals surface area contributed by atoms with Crippen LogP contribution < -0.4 is 0 Å². The number of carbonyl (C=O) groups excluding carboxylic acids is 1. The molecule has 0 spiro atoms. The summed E-state index contributed by atoms with van der Waals surface area (Å²) in [5.74, 6) is 0.645. The van der Waals surface area contributed by atoms with Crippen LogP contribution in [0.15, 0.2) is 18.2 Å². The van der Waals surface area contributed by atoms with E-state index in [0.29, 0.717) is 27.3 Å². The fourth-order valence-electron chi connectivity index (χ4n) is 1.37. The molecule has 0 aliphatic heterocycles. The molecule has 0 heterocycles. The Morgan fingerprint density at radius 2 is 2.00 bits per heavy atom. The maximum atomic E-state index is 11.8. The lowest BCUT2D eigenvalue weighted by Gasteiger charge is -2.06. The van der Waals surface area contributed by atoms with Crippen molar-refractivity contribution in [2.24, 2.45) is 5.92 Å². The van der Waals surface area contributed by atoms with Gasteiger partial charge in [0.1, 0.15) is 0 Å². The third kappa shape index (κ3) is 4.78.